The molecule has 40 heavy (non-hydrogen) atoms. The molecule has 0 radical (unpaired) electrons. The van der Waals surface area contributed by atoms with Gasteiger partial charge in [-0.1, -0.05) is 66.7 Å². The summed E-state index contributed by atoms with van der Waals surface area (Å²) < 4.78 is 1.98. The molecular formula is C33H29N5O2. The van der Waals surface area contributed by atoms with Crippen LogP contribution in [0, 0.1) is 6.92 Å². The summed E-state index contributed by atoms with van der Waals surface area (Å²) in [4.78, 5) is 18.1. The van der Waals surface area contributed by atoms with E-state index in [1.54, 1.807) is 24.3 Å². The lowest BCUT2D eigenvalue weighted by Gasteiger charge is -2.24. The summed E-state index contributed by atoms with van der Waals surface area (Å²) in [6, 6.07) is 29.3. The van der Waals surface area contributed by atoms with Crippen molar-refractivity contribution in [1.82, 2.24) is 24.9 Å². The minimum absolute atomic E-state index is 0.0835. The van der Waals surface area contributed by atoms with Crippen LogP contribution in [0.25, 0.3) is 38.9 Å². The third kappa shape index (κ3) is 4.56. The molecule has 0 saturated carbocycles. The number of hydrogen-bond donors (Lipinski definition) is 2. The SMILES string of the molecule is Cc1nnc2c3cc(-c4ccccc4)c(-c4ccc(CNC(=O)C(C)(C)c5ccc(O)cc5)cc4)nc3ccn12. The van der Waals surface area contributed by atoms with Crippen molar-refractivity contribution in [3.8, 4) is 28.1 Å². The Kier molecular flexibility index (Phi) is 6.27. The van der Waals surface area contributed by atoms with Gasteiger partial charge in [0.15, 0.2) is 5.65 Å². The Morgan fingerprint density at radius 1 is 0.900 bits per heavy atom. The van der Waals surface area contributed by atoms with E-state index >= 15 is 0 Å². The van der Waals surface area contributed by atoms with Crippen LogP contribution in [0.3, 0.4) is 0 Å². The molecule has 7 nitrogen and oxygen atoms in total. The standard InChI is InChI=1S/C33H29N5O2/c1-21-36-37-31-28-19-27(23-7-5-4-6-8-23)30(35-29(28)17-18-38(21)31)24-11-9-22(10-12-24)20-34-32(40)33(2,3)25-13-15-26(39)16-14-25/h4-19,39H,20H2,1-3H3,(H,34,40). The lowest BCUT2D eigenvalue weighted by molar-refractivity contribution is -0.125. The van der Waals surface area contributed by atoms with Crippen molar-refractivity contribution in [1.29, 1.82) is 0 Å². The van der Waals surface area contributed by atoms with Gasteiger partial charge in [0.2, 0.25) is 5.91 Å². The number of aryl methyl sites for hydroxylation is 1. The van der Waals surface area contributed by atoms with Gasteiger partial charge in [-0.2, -0.15) is 0 Å². The molecule has 6 aromatic rings. The molecule has 3 aromatic heterocycles. The molecule has 0 aliphatic carbocycles. The third-order valence-electron chi connectivity index (χ3n) is 7.46. The first kappa shape index (κ1) is 25.2. The number of benzene rings is 3. The first-order valence-corrected chi connectivity index (χ1v) is 13.2. The van der Waals surface area contributed by atoms with Crippen molar-refractivity contribution in [2.24, 2.45) is 0 Å². The smallest absolute Gasteiger partial charge is 0.230 e. The largest absolute Gasteiger partial charge is 0.508 e. The molecule has 1 amide bonds. The summed E-state index contributed by atoms with van der Waals surface area (Å²) in [5.41, 5.74) is 6.67. The van der Waals surface area contributed by atoms with Crippen molar-refractivity contribution in [2.45, 2.75) is 32.7 Å². The topological polar surface area (TPSA) is 92.4 Å². The number of nitrogens with one attached hydrogen (secondary N) is 1. The number of amides is 1. The summed E-state index contributed by atoms with van der Waals surface area (Å²) in [6.45, 7) is 6.09. The maximum atomic E-state index is 13.0. The summed E-state index contributed by atoms with van der Waals surface area (Å²) >= 11 is 0. The second kappa shape index (κ2) is 9.93. The van der Waals surface area contributed by atoms with Gasteiger partial charge < -0.3 is 10.4 Å². The van der Waals surface area contributed by atoms with E-state index in [4.69, 9.17) is 4.98 Å². The molecule has 7 heteroatoms. The van der Waals surface area contributed by atoms with Crippen molar-refractivity contribution in [3.05, 3.63) is 114 Å². The summed E-state index contributed by atoms with van der Waals surface area (Å²) in [5.74, 6) is 0.925. The minimum atomic E-state index is -0.735. The Morgan fingerprint density at radius 3 is 2.35 bits per heavy atom. The molecule has 0 bridgehead atoms. The Balaban J connectivity index is 1.31. The Morgan fingerprint density at radius 2 is 1.62 bits per heavy atom. The van der Waals surface area contributed by atoms with Crippen LogP contribution in [0.2, 0.25) is 0 Å². The molecule has 0 saturated heterocycles. The van der Waals surface area contributed by atoms with Gasteiger partial charge in [-0.3, -0.25) is 9.20 Å². The second-order valence-electron chi connectivity index (χ2n) is 10.5. The monoisotopic (exact) mass is 527 g/mol. The van der Waals surface area contributed by atoms with Crippen LogP contribution in [-0.2, 0) is 16.8 Å². The van der Waals surface area contributed by atoms with Gasteiger partial charge in [-0.15, -0.1) is 10.2 Å². The van der Waals surface area contributed by atoms with E-state index in [0.29, 0.717) is 6.54 Å². The molecule has 0 aliphatic rings. The van der Waals surface area contributed by atoms with Gasteiger partial charge in [0.25, 0.3) is 0 Å². The fourth-order valence-corrected chi connectivity index (χ4v) is 4.96. The van der Waals surface area contributed by atoms with Gasteiger partial charge >= 0.3 is 0 Å². The fraction of sp³-hybridized carbons (Fsp3) is 0.152. The van der Waals surface area contributed by atoms with E-state index in [0.717, 1.165) is 55.9 Å². The lowest BCUT2D eigenvalue weighted by atomic mass is 9.83. The van der Waals surface area contributed by atoms with Gasteiger partial charge in [0.1, 0.15) is 11.6 Å². The zero-order valence-corrected chi connectivity index (χ0v) is 22.6. The van der Waals surface area contributed by atoms with Crippen LogP contribution in [-0.4, -0.2) is 30.6 Å². The van der Waals surface area contributed by atoms with Gasteiger partial charge in [0, 0.05) is 29.3 Å². The number of pyridine rings is 2. The molecule has 3 aromatic carbocycles. The summed E-state index contributed by atoms with van der Waals surface area (Å²) in [6.07, 6.45) is 1.96. The van der Waals surface area contributed by atoms with E-state index in [1.807, 2.05) is 79.9 Å². The summed E-state index contributed by atoms with van der Waals surface area (Å²) in [5, 5.41) is 22.2. The number of fused-ring (bicyclic) bond motifs is 3. The van der Waals surface area contributed by atoms with Crippen molar-refractivity contribution >= 4 is 22.5 Å². The van der Waals surface area contributed by atoms with Crippen LogP contribution in [0.15, 0.2) is 97.2 Å². The quantitative estimate of drug-likeness (QED) is 0.268. The predicted molar refractivity (Wildman–Crippen MR) is 157 cm³/mol. The van der Waals surface area contributed by atoms with E-state index in [2.05, 4.69) is 33.7 Å². The number of aromatic nitrogens is 4. The average Bonchev–Trinajstić information content (AvgIpc) is 3.37. The molecule has 0 spiro atoms. The van der Waals surface area contributed by atoms with E-state index in [1.165, 1.54) is 0 Å². The van der Waals surface area contributed by atoms with Crippen LogP contribution < -0.4 is 5.32 Å². The van der Waals surface area contributed by atoms with E-state index < -0.39 is 5.41 Å². The van der Waals surface area contributed by atoms with Crippen LogP contribution in [0.4, 0.5) is 0 Å². The number of nitrogens with zero attached hydrogens (tertiary/aromatic N) is 4. The third-order valence-corrected chi connectivity index (χ3v) is 7.46. The molecule has 0 aliphatic heterocycles. The maximum Gasteiger partial charge on any atom is 0.230 e. The maximum absolute atomic E-state index is 13.0. The Hall–Kier alpha value is -5.04. The molecule has 0 unspecified atom stereocenters. The highest BCUT2D eigenvalue weighted by Gasteiger charge is 2.29. The number of rotatable bonds is 6. The summed E-state index contributed by atoms with van der Waals surface area (Å²) in [7, 11) is 0. The molecule has 2 N–H and O–H groups in total. The molecule has 6 rings (SSSR count). The Bertz CT molecular complexity index is 1840. The minimum Gasteiger partial charge on any atom is -0.508 e. The number of aromatic hydroxyl groups is 1. The average molecular weight is 528 g/mol. The van der Waals surface area contributed by atoms with Crippen LogP contribution in [0.5, 0.6) is 5.75 Å². The van der Waals surface area contributed by atoms with Crippen molar-refractivity contribution < 1.29 is 9.90 Å². The van der Waals surface area contributed by atoms with Gasteiger partial charge in [-0.25, -0.2) is 4.98 Å². The zero-order valence-electron chi connectivity index (χ0n) is 22.6. The Labute approximate surface area is 232 Å². The highest BCUT2D eigenvalue weighted by molar-refractivity contribution is 5.98. The van der Waals surface area contributed by atoms with Crippen LogP contribution >= 0.6 is 0 Å². The number of phenols is 1. The van der Waals surface area contributed by atoms with Gasteiger partial charge in [-0.05, 0) is 61.7 Å². The van der Waals surface area contributed by atoms with Gasteiger partial charge in [0.05, 0.1) is 16.6 Å². The normalized spacial score (nSPS) is 11.7. The predicted octanol–water partition coefficient (Wildman–Crippen LogP) is 6.22. The number of phenolic OH excluding ortho intramolecular Hbond substituents is 1. The second-order valence-corrected chi connectivity index (χ2v) is 10.5. The molecule has 0 fully saturated rings. The van der Waals surface area contributed by atoms with E-state index in [9.17, 15) is 9.90 Å². The van der Waals surface area contributed by atoms with E-state index in [-0.39, 0.29) is 11.7 Å². The van der Waals surface area contributed by atoms with Crippen LogP contribution in [0.1, 0.15) is 30.8 Å². The number of carbonyl (C=O) groups excluding carboxylic acids is 1. The lowest BCUT2D eigenvalue weighted by Crippen LogP contribution is -2.39. The fourth-order valence-electron chi connectivity index (χ4n) is 4.96. The highest BCUT2D eigenvalue weighted by Crippen LogP contribution is 2.34. The molecule has 198 valence electrons. The van der Waals surface area contributed by atoms with Crippen molar-refractivity contribution in [3.63, 3.8) is 0 Å². The highest BCUT2D eigenvalue weighted by atomic mass is 16.3. The van der Waals surface area contributed by atoms with Crippen molar-refractivity contribution in [2.75, 3.05) is 0 Å². The zero-order chi connectivity index (χ0) is 27.9. The number of hydrogen-bond acceptors (Lipinski definition) is 5. The molecular weight excluding hydrogens is 498 g/mol. The number of carbonyl (C=O) groups is 1. The molecule has 3 heterocycles. The first-order chi connectivity index (χ1) is 19.3. The molecule has 0 atom stereocenters. The first-order valence-electron chi connectivity index (χ1n) is 13.2.